The maximum absolute atomic E-state index is 11.9. The Labute approximate surface area is 116 Å². The van der Waals surface area contributed by atoms with Crippen molar-refractivity contribution < 1.29 is 13.2 Å². The van der Waals surface area contributed by atoms with Crippen molar-refractivity contribution in [2.24, 2.45) is 0 Å². The van der Waals surface area contributed by atoms with E-state index in [-0.39, 0.29) is 22.7 Å². The molecular weight excluding hydrogens is 294 g/mol. The number of nitrogens with one attached hydrogen (secondary N) is 1. The molecule has 0 radical (unpaired) electrons. The molecule has 0 aromatic heterocycles. The second-order valence-corrected chi connectivity index (χ2v) is 7.48. The first-order chi connectivity index (χ1) is 8.37. The van der Waals surface area contributed by atoms with E-state index in [9.17, 15) is 13.2 Å². The molecule has 1 amide bonds. The summed E-state index contributed by atoms with van der Waals surface area (Å²) in [5, 5.41) is 2.87. The van der Waals surface area contributed by atoms with E-state index in [1.165, 1.54) is 0 Å². The molecule has 1 fully saturated rings. The summed E-state index contributed by atoms with van der Waals surface area (Å²) >= 11 is 9.91. The van der Waals surface area contributed by atoms with Crippen LogP contribution < -0.4 is 5.32 Å². The first-order valence-electron chi connectivity index (χ1n) is 5.32. The third kappa shape index (κ3) is 3.18. The zero-order valence-corrected chi connectivity index (χ0v) is 11.8. The number of rotatable bonds is 2. The molecule has 0 saturated carbocycles. The van der Waals surface area contributed by atoms with E-state index >= 15 is 0 Å². The van der Waals surface area contributed by atoms with Crippen molar-refractivity contribution in [3.05, 3.63) is 34.9 Å². The molecule has 98 valence electrons. The molecule has 2 atom stereocenters. The average molecular weight is 306 g/mol. The van der Waals surface area contributed by atoms with Gasteiger partial charge < -0.3 is 5.32 Å². The number of sulfone groups is 1. The van der Waals surface area contributed by atoms with Crippen molar-refractivity contribution in [2.75, 3.05) is 11.5 Å². The number of amides is 1. The first kappa shape index (κ1) is 13.7. The van der Waals surface area contributed by atoms with E-state index < -0.39 is 15.9 Å². The van der Waals surface area contributed by atoms with Gasteiger partial charge in [-0.05, 0) is 24.3 Å². The van der Waals surface area contributed by atoms with Crippen LogP contribution in [-0.4, -0.2) is 37.1 Å². The quantitative estimate of drug-likeness (QED) is 0.806. The molecule has 1 aromatic carbocycles. The van der Waals surface area contributed by atoms with Gasteiger partial charge in [0.25, 0.3) is 5.91 Å². The predicted molar refractivity (Wildman–Crippen MR) is 74.1 cm³/mol. The molecule has 4 nitrogen and oxygen atoms in total. The van der Waals surface area contributed by atoms with Crippen molar-refractivity contribution in [3.63, 3.8) is 0 Å². The molecule has 7 heteroatoms. The normalized spacial score (nSPS) is 25.9. The lowest BCUT2D eigenvalue weighted by Gasteiger charge is -2.15. The molecule has 1 aromatic rings. The minimum absolute atomic E-state index is 0.00166. The van der Waals surface area contributed by atoms with Crippen molar-refractivity contribution in [1.29, 1.82) is 0 Å². The lowest BCUT2D eigenvalue weighted by molar-refractivity contribution is 0.0942. The molecule has 1 aliphatic rings. The highest BCUT2D eigenvalue weighted by atomic mass is 35.5. The fraction of sp³-hybridized carbons (Fsp3) is 0.364. The molecule has 0 aliphatic carbocycles. The maximum Gasteiger partial charge on any atom is 0.251 e. The molecule has 1 heterocycles. The Bertz CT molecular complexity index is 556. The Kier molecular flexibility index (Phi) is 3.89. The monoisotopic (exact) mass is 305 g/mol. The van der Waals surface area contributed by atoms with Crippen LogP contribution in [0.2, 0.25) is 5.02 Å². The number of hydrogen-bond acceptors (Lipinski definition) is 4. The summed E-state index contributed by atoms with van der Waals surface area (Å²) in [6.07, 6.45) is 0. The minimum Gasteiger partial charge on any atom is -0.347 e. The van der Waals surface area contributed by atoms with Gasteiger partial charge in [-0.25, -0.2) is 8.42 Å². The van der Waals surface area contributed by atoms with E-state index in [0.29, 0.717) is 10.6 Å². The Morgan fingerprint density at radius 3 is 2.39 bits per heavy atom. The van der Waals surface area contributed by atoms with Crippen LogP contribution >= 0.6 is 24.2 Å². The summed E-state index contributed by atoms with van der Waals surface area (Å²) < 4.78 is 22.8. The van der Waals surface area contributed by atoms with Gasteiger partial charge in [-0.1, -0.05) is 11.6 Å². The Morgan fingerprint density at radius 2 is 1.89 bits per heavy atom. The standard InChI is InChI=1S/C11H12ClNO3S2/c12-8-3-1-7(2-4-8)11(14)13-9-5-18(15,16)6-10(9)17/h1-4,9-10,17H,5-6H2,(H,13,14). The SMILES string of the molecule is O=C(NC1CS(=O)(=O)CC1S)c1ccc(Cl)cc1. The molecule has 2 unspecified atom stereocenters. The van der Waals surface area contributed by atoms with Crippen molar-refractivity contribution in [1.82, 2.24) is 5.32 Å². The Balaban J connectivity index is 2.06. The molecule has 1 saturated heterocycles. The van der Waals surface area contributed by atoms with Gasteiger partial charge in [0.05, 0.1) is 17.5 Å². The van der Waals surface area contributed by atoms with Crippen LogP contribution in [0.15, 0.2) is 24.3 Å². The highest BCUT2D eigenvalue weighted by Crippen LogP contribution is 2.18. The van der Waals surface area contributed by atoms with E-state index in [2.05, 4.69) is 17.9 Å². The molecule has 0 bridgehead atoms. The van der Waals surface area contributed by atoms with Crippen LogP contribution in [0.4, 0.5) is 0 Å². The topological polar surface area (TPSA) is 63.2 Å². The molecule has 1 N–H and O–H groups in total. The first-order valence-corrected chi connectivity index (χ1v) is 8.04. The van der Waals surface area contributed by atoms with Crippen LogP contribution in [0.3, 0.4) is 0 Å². The Hall–Kier alpha value is -0.720. The average Bonchev–Trinajstić information content (AvgIpc) is 2.52. The number of hydrogen-bond donors (Lipinski definition) is 2. The van der Waals surface area contributed by atoms with Crippen LogP contribution in [0, 0.1) is 0 Å². The van der Waals surface area contributed by atoms with Gasteiger partial charge in [-0.3, -0.25) is 4.79 Å². The fourth-order valence-corrected chi connectivity index (χ4v) is 4.70. The summed E-state index contributed by atoms with van der Waals surface area (Å²) in [4.78, 5) is 11.9. The molecule has 0 spiro atoms. The van der Waals surface area contributed by atoms with Gasteiger partial charge in [0.15, 0.2) is 9.84 Å². The van der Waals surface area contributed by atoms with E-state index in [1.807, 2.05) is 0 Å². The van der Waals surface area contributed by atoms with Crippen LogP contribution in [0.5, 0.6) is 0 Å². The van der Waals surface area contributed by atoms with Crippen LogP contribution in [0.1, 0.15) is 10.4 Å². The van der Waals surface area contributed by atoms with Gasteiger partial charge in [-0.15, -0.1) is 0 Å². The maximum atomic E-state index is 11.9. The van der Waals surface area contributed by atoms with Crippen molar-refractivity contribution in [3.8, 4) is 0 Å². The third-order valence-corrected chi connectivity index (χ3v) is 5.52. The molecule has 2 rings (SSSR count). The zero-order chi connectivity index (χ0) is 13.3. The van der Waals surface area contributed by atoms with E-state index in [1.54, 1.807) is 24.3 Å². The second kappa shape index (κ2) is 5.11. The third-order valence-electron chi connectivity index (χ3n) is 2.75. The number of benzene rings is 1. The second-order valence-electron chi connectivity index (χ2n) is 4.23. The van der Waals surface area contributed by atoms with Crippen LogP contribution in [0.25, 0.3) is 0 Å². The van der Waals surface area contributed by atoms with Gasteiger partial charge in [-0.2, -0.15) is 12.6 Å². The number of thiol groups is 1. The minimum atomic E-state index is -3.09. The number of halogens is 1. The van der Waals surface area contributed by atoms with Gasteiger partial charge in [0, 0.05) is 15.8 Å². The van der Waals surface area contributed by atoms with E-state index in [0.717, 1.165) is 0 Å². The van der Waals surface area contributed by atoms with E-state index in [4.69, 9.17) is 11.6 Å². The summed E-state index contributed by atoms with van der Waals surface area (Å²) in [6, 6.07) is 5.96. The zero-order valence-electron chi connectivity index (χ0n) is 9.34. The van der Waals surface area contributed by atoms with Gasteiger partial charge in [0.1, 0.15) is 0 Å². The lowest BCUT2D eigenvalue weighted by atomic mass is 10.2. The highest BCUT2D eigenvalue weighted by Gasteiger charge is 2.36. The summed E-state index contributed by atoms with van der Waals surface area (Å²) in [6.45, 7) is 0. The Morgan fingerprint density at radius 1 is 1.28 bits per heavy atom. The molecule has 18 heavy (non-hydrogen) atoms. The number of carbonyl (C=O) groups excluding carboxylic acids is 1. The predicted octanol–water partition coefficient (Wildman–Crippen LogP) is 1.17. The largest absolute Gasteiger partial charge is 0.347 e. The smallest absolute Gasteiger partial charge is 0.251 e. The van der Waals surface area contributed by atoms with Gasteiger partial charge in [0.2, 0.25) is 0 Å². The lowest BCUT2D eigenvalue weighted by Crippen LogP contribution is -2.40. The highest BCUT2D eigenvalue weighted by molar-refractivity contribution is 7.93. The summed E-state index contributed by atoms with van der Waals surface area (Å²) in [5.41, 5.74) is 0.448. The summed E-state index contributed by atoms with van der Waals surface area (Å²) in [7, 11) is -3.09. The van der Waals surface area contributed by atoms with Gasteiger partial charge >= 0.3 is 0 Å². The number of carbonyl (C=O) groups is 1. The summed E-state index contributed by atoms with van der Waals surface area (Å²) in [5.74, 6) is -0.366. The van der Waals surface area contributed by atoms with Crippen molar-refractivity contribution in [2.45, 2.75) is 11.3 Å². The van der Waals surface area contributed by atoms with Crippen LogP contribution in [-0.2, 0) is 9.84 Å². The van der Waals surface area contributed by atoms with Crippen molar-refractivity contribution >= 4 is 40.0 Å². The fourth-order valence-electron chi connectivity index (χ4n) is 1.82. The molecular formula is C11H12ClNO3S2. The molecule has 1 aliphatic heterocycles.